The molecule has 0 amide bonds. The van der Waals surface area contributed by atoms with Crippen molar-refractivity contribution in [2.24, 2.45) is 11.5 Å². The van der Waals surface area contributed by atoms with Crippen LogP contribution in [0.4, 0.5) is 0 Å². The Balaban J connectivity index is 2.85. The molecule has 4 nitrogen and oxygen atoms in total. The minimum absolute atomic E-state index is 0.340. The number of rotatable bonds is 10. The van der Waals surface area contributed by atoms with Gasteiger partial charge >= 0.3 is 0 Å². The maximum absolute atomic E-state index is 5.32. The fourth-order valence-electron chi connectivity index (χ4n) is 1.13. The summed E-state index contributed by atoms with van der Waals surface area (Å²) < 4.78 is 10.5. The molecular weight excluding hydrogens is 180 g/mol. The molecule has 0 aromatic carbocycles. The average molecular weight is 204 g/mol. The first kappa shape index (κ1) is 13.8. The molecule has 0 heterocycles. The van der Waals surface area contributed by atoms with Gasteiger partial charge in [0.1, 0.15) is 0 Å². The standard InChI is InChI=1S/C10H24N2O2/c1-2-13-7-5-3-4-6-8-14-9-10(11)12/h10H,2-9,11-12H2,1H3. The van der Waals surface area contributed by atoms with Crippen molar-refractivity contribution >= 4 is 0 Å². The predicted octanol–water partition coefficient (Wildman–Crippen LogP) is 0.843. The fourth-order valence-corrected chi connectivity index (χ4v) is 1.13. The van der Waals surface area contributed by atoms with E-state index in [9.17, 15) is 0 Å². The fraction of sp³-hybridized carbons (Fsp3) is 1.00. The molecule has 4 N–H and O–H groups in total. The van der Waals surface area contributed by atoms with Crippen molar-refractivity contribution in [3.8, 4) is 0 Å². The molecule has 0 aromatic rings. The highest BCUT2D eigenvalue weighted by Crippen LogP contribution is 2.00. The lowest BCUT2D eigenvalue weighted by Crippen LogP contribution is -2.35. The van der Waals surface area contributed by atoms with Crippen LogP contribution >= 0.6 is 0 Å². The smallest absolute Gasteiger partial charge is 0.0762 e. The quantitative estimate of drug-likeness (QED) is 0.409. The molecule has 0 spiro atoms. The maximum Gasteiger partial charge on any atom is 0.0762 e. The van der Waals surface area contributed by atoms with E-state index in [0.29, 0.717) is 6.61 Å². The number of unbranched alkanes of at least 4 members (excludes halogenated alkanes) is 3. The highest BCUT2D eigenvalue weighted by Gasteiger charge is 1.94. The van der Waals surface area contributed by atoms with Crippen LogP contribution in [0.3, 0.4) is 0 Å². The SMILES string of the molecule is CCOCCCCCCOCC(N)N. The first-order chi connectivity index (χ1) is 6.77. The van der Waals surface area contributed by atoms with Gasteiger partial charge in [0, 0.05) is 19.8 Å². The molecule has 0 fully saturated rings. The van der Waals surface area contributed by atoms with Gasteiger partial charge in [-0.3, -0.25) is 0 Å². The Morgan fingerprint density at radius 2 is 1.50 bits per heavy atom. The van der Waals surface area contributed by atoms with E-state index in [1.807, 2.05) is 6.92 Å². The van der Waals surface area contributed by atoms with Crippen molar-refractivity contribution in [3.63, 3.8) is 0 Å². The van der Waals surface area contributed by atoms with Crippen LogP contribution in [0.5, 0.6) is 0 Å². The Kier molecular flexibility index (Phi) is 10.8. The molecule has 0 saturated carbocycles. The second kappa shape index (κ2) is 10.9. The highest BCUT2D eigenvalue weighted by molar-refractivity contribution is 4.47. The van der Waals surface area contributed by atoms with Gasteiger partial charge in [-0.25, -0.2) is 0 Å². The van der Waals surface area contributed by atoms with Gasteiger partial charge in [0.15, 0.2) is 0 Å². The van der Waals surface area contributed by atoms with Crippen LogP contribution < -0.4 is 11.5 Å². The van der Waals surface area contributed by atoms with Gasteiger partial charge in [-0.1, -0.05) is 12.8 Å². The maximum atomic E-state index is 5.32. The van der Waals surface area contributed by atoms with E-state index in [0.717, 1.165) is 32.7 Å². The number of hydrogen-bond acceptors (Lipinski definition) is 4. The molecule has 0 rings (SSSR count). The van der Waals surface area contributed by atoms with E-state index >= 15 is 0 Å². The zero-order valence-electron chi connectivity index (χ0n) is 9.21. The molecule has 0 radical (unpaired) electrons. The summed E-state index contributed by atoms with van der Waals surface area (Å²) in [6.45, 7) is 4.94. The van der Waals surface area contributed by atoms with E-state index in [4.69, 9.17) is 20.9 Å². The van der Waals surface area contributed by atoms with E-state index in [2.05, 4.69) is 0 Å². The summed E-state index contributed by atoms with van der Waals surface area (Å²) in [5.41, 5.74) is 10.6. The van der Waals surface area contributed by atoms with Crippen LogP contribution in [0.25, 0.3) is 0 Å². The van der Waals surface area contributed by atoms with Crippen molar-refractivity contribution in [1.82, 2.24) is 0 Å². The number of nitrogens with two attached hydrogens (primary N) is 2. The lowest BCUT2D eigenvalue weighted by molar-refractivity contribution is 0.115. The second-order valence-corrected chi connectivity index (χ2v) is 3.35. The summed E-state index contributed by atoms with van der Waals surface area (Å²) in [6, 6.07) is 0. The highest BCUT2D eigenvalue weighted by atomic mass is 16.5. The Hall–Kier alpha value is -0.160. The second-order valence-electron chi connectivity index (χ2n) is 3.35. The predicted molar refractivity (Wildman–Crippen MR) is 57.9 cm³/mol. The van der Waals surface area contributed by atoms with Crippen LogP contribution in [0, 0.1) is 0 Å². The van der Waals surface area contributed by atoms with Gasteiger partial charge in [0.2, 0.25) is 0 Å². The third-order valence-electron chi connectivity index (χ3n) is 1.84. The monoisotopic (exact) mass is 204 g/mol. The minimum Gasteiger partial charge on any atom is -0.382 e. The van der Waals surface area contributed by atoms with Crippen molar-refractivity contribution in [2.75, 3.05) is 26.4 Å². The van der Waals surface area contributed by atoms with Gasteiger partial charge in [-0.2, -0.15) is 0 Å². The topological polar surface area (TPSA) is 70.5 Å². The van der Waals surface area contributed by atoms with E-state index in [1.165, 1.54) is 12.8 Å². The third-order valence-corrected chi connectivity index (χ3v) is 1.84. The summed E-state index contributed by atoms with van der Waals surface area (Å²) in [5.74, 6) is 0. The van der Waals surface area contributed by atoms with Gasteiger partial charge in [0.05, 0.1) is 12.8 Å². The van der Waals surface area contributed by atoms with E-state index in [-0.39, 0.29) is 6.17 Å². The summed E-state index contributed by atoms with van der Waals surface area (Å²) in [4.78, 5) is 0. The van der Waals surface area contributed by atoms with Crippen LogP contribution in [0.15, 0.2) is 0 Å². The van der Waals surface area contributed by atoms with Gasteiger partial charge in [-0.05, 0) is 19.8 Å². The molecule has 0 aliphatic carbocycles. The Morgan fingerprint density at radius 1 is 0.929 bits per heavy atom. The molecule has 86 valence electrons. The summed E-state index contributed by atoms with van der Waals surface area (Å²) in [6.07, 6.45) is 4.28. The average Bonchev–Trinajstić information content (AvgIpc) is 2.15. The minimum atomic E-state index is -0.340. The van der Waals surface area contributed by atoms with E-state index < -0.39 is 0 Å². The molecule has 0 aliphatic heterocycles. The zero-order valence-corrected chi connectivity index (χ0v) is 9.21. The van der Waals surface area contributed by atoms with Crippen molar-refractivity contribution < 1.29 is 9.47 Å². The third kappa shape index (κ3) is 11.8. The van der Waals surface area contributed by atoms with Crippen LogP contribution in [0.2, 0.25) is 0 Å². The molecule has 0 unspecified atom stereocenters. The summed E-state index contributed by atoms with van der Waals surface area (Å²) in [5, 5.41) is 0. The number of hydrogen-bond donors (Lipinski definition) is 2. The normalized spacial score (nSPS) is 11.1. The van der Waals surface area contributed by atoms with E-state index in [1.54, 1.807) is 0 Å². The largest absolute Gasteiger partial charge is 0.382 e. The van der Waals surface area contributed by atoms with Crippen molar-refractivity contribution in [3.05, 3.63) is 0 Å². The Labute approximate surface area is 86.9 Å². The summed E-state index contributed by atoms with van der Waals surface area (Å²) >= 11 is 0. The van der Waals surface area contributed by atoms with Gasteiger partial charge in [0.25, 0.3) is 0 Å². The Bertz CT molecular complexity index is 110. The molecular formula is C10H24N2O2. The molecule has 0 aliphatic rings. The van der Waals surface area contributed by atoms with Gasteiger partial charge < -0.3 is 20.9 Å². The van der Waals surface area contributed by atoms with Gasteiger partial charge in [-0.15, -0.1) is 0 Å². The van der Waals surface area contributed by atoms with Crippen molar-refractivity contribution in [1.29, 1.82) is 0 Å². The molecule has 14 heavy (non-hydrogen) atoms. The van der Waals surface area contributed by atoms with Crippen LogP contribution in [-0.2, 0) is 9.47 Å². The zero-order chi connectivity index (χ0) is 10.6. The number of ether oxygens (including phenoxy) is 2. The van der Waals surface area contributed by atoms with Crippen molar-refractivity contribution in [2.45, 2.75) is 38.8 Å². The first-order valence-corrected chi connectivity index (χ1v) is 5.44. The molecule has 4 heteroatoms. The van der Waals surface area contributed by atoms with Crippen LogP contribution in [-0.4, -0.2) is 32.6 Å². The molecule has 0 atom stereocenters. The van der Waals surface area contributed by atoms with Crippen LogP contribution in [0.1, 0.15) is 32.6 Å². The first-order valence-electron chi connectivity index (χ1n) is 5.44. The lowest BCUT2D eigenvalue weighted by Gasteiger charge is -2.06. The molecule has 0 bridgehead atoms. The summed E-state index contributed by atoms with van der Waals surface area (Å²) in [7, 11) is 0. The molecule has 0 aromatic heterocycles. The lowest BCUT2D eigenvalue weighted by atomic mass is 10.2. The Morgan fingerprint density at radius 3 is 2.00 bits per heavy atom. The molecule has 0 saturated heterocycles.